The van der Waals surface area contributed by atoms with Crippen LogP contribution in [0.4, 0.5) is 0 Å². The number of quaternary nitrogens is 1. The molecule has 84 heavy (non-hydrogen) atoms. The van der Waals surface area contributed by atoms with Gasteiger partial charge < -0.3 is 18.9 Å². The van der Waals surface area contributed by atoms with Gasteiger partial charge >= 0.3 is 19.8 Å². The average molecular weight is 1190 g/mol. The standard InChI is InChI=1S/C74H126NO8P/c1-6-8-10-12-14-16-18-20-22-24-26-28-30-32-34-35-36-37-38-39-41-43-45-47-49-51-53-55-57-59-61-63-65-67-74(77)83-72(71-82-84(78,79)81-69-68-75(3,4)5)70-80-73(76)66-64-62-60-58-56-54-52-50-48-46-44-42-40-33-31-29-27-25-23-21-19-17-15-13-11-9-7-2/h8-11,14-17,20-23,26-29,32-34,36-37,40,72H,6-7,12-13,18-19,24-25,30-31,35,38-39,41-71H2,1-5H3/p+1/b10-8-,11-9-,16-14-,17-15-,22-20-,23-21-,28-26-,29-27-,34-32-,37-36-,40-33-. The summed E-state index contributed by atoms with van der Waals surface area (Å²) in [5.74, 6) is -0.802. The number of rotatable bonds is 61. The number of esters is 2. The Hall–Kier alpha value is -3.85. The lowest BCUT2D eigenvalue weighted by atomic mass is 10.0. The van der Waals surface area contributed by atoms with E-state index in [9.17, 15) is 19.0 Å². The van der Waals surface area contributed by atoms with Crippen molar-refractivity contribution in [2.24, 2.45) is 0 Å². The second-order valence-electron chi connectivity index (χ2n) is 23.4. The van der Waals surface area contributed by atoms with Crippen LogP contribution < -0.4 is 0 Å². The first-order chi connectivity index (χ1) is 41.0. The molecule has 2 atom stereocenters. The van der Waals surface area contributed by atoms with E-state index in [2.05, 4.69) is 148 Å². The number of nitrogens with zero attached hydrogens (tertiary/aromatic N) is 1. The smallest absolute Gasteiger partial charge is 0.462 e. The van der Waals surface area contributed by atoms with Gasteiger partial charge in [-0.15, -0.1) is 0 Å². The Balaban J connectivity index is 4.10. The van der Waals surface area contributed by atoms with Crippen molar-refractivity contribution >= 4 is 19.8 Å². The third kappa shape index (κ3) is 67.3. The van der Waals surface area contributed by atoms with Gasteiger partial charge in [0, 0.05) is 12.8 Å². The average Bonchev–Trinajstić information content (AvgIpc) is 3.61. The number of hydrogen-bond donors (Lipinski definition) is 1. The summed E-state index contributed by atoms with van der Waals surface area (Å²) in [7, 11) is 1.47. The fourth-order valence-electron chi connectivity index (χ4n) is 9.05. The predicted molar refractivity (Wildman–Crippen MR) is 362 cm³/mol. The van der Waals surface area contributed by atoms with Crippen molar-refractivity contribution in [3.8, 4) is 0 Å². The highest BCUT2D eigenvalue weighted by atomic mass is 31.2. The summed E-state index contributed by atoms with van der Waals surface area (Å²) in [5.41, 5.74) is 0. The summed E-state index contributed by atoms with van der Waals surface area (Å²) in [4.78, 5) is 35.9. The summed E-state index contributed by atoms with van der Waals surface area (Å²) >= 11 is 0. The van der Waals surface area contributed by atoms with Crippen LogP contribution in [0.25, 0.3) is 0 Å². The normalized spacial score (nSPS) is 14.0. The van der Waals surface area contributed by atoms with Crippen LogP contribution in [0.1, 0.15) is 271 Å². The first-order valence-electron chi connectivity index (χ1n) is 33.9. The maximum Gasteiger partial charge on any atom is 0.472 e. The molecule has 0 aromatic carbocycles. The van der Waals surface area contributed by atoms with Gasteiger partial charge in [-0.25, -0.2) is 4.57 Å². The topological polar surface area (TPSA) is 108 Å². The minimum atomic E-state index is -4.40. The van der Waals surface area contributed by atoms with Crippen LogP contribution in [0.5, 0.6) is 0 Å². The van der Waals surface area contributed by atoms with Crippen LogP contribution in [0, 0.1) is 0 Å². The Labute approximate surface area is 517 Å². The van der Waals surface area contributed by atoms with Crippen LogP contribution in [0.3, 0.4) is 0 Å². The molecular weight excluding hydrogens is 1060 g/mol. The molecule has 0 fully saturated rings. The zero-order valence-corrected chi connectivity index (χ0v) is 55.5. The van der Waals surface area contributed by atoms with E-state index < -0.39 is 26.5 Å². The first-order valence-corrected chi connectivity index (χ1v) is 35.4. The van der Waals surface area contributed by atoms with Gasteiger partial charge in [-0.1, -0.05) is 282 Å². The molecular formula is C74H127NO8P+. The molecule has 0 saturated heterocycles. The van der Waals surface area contributed by atoms with Crippen LogP contribution in [0.15, 0.2) is 134 Å². The number of carbonyl (C=O) groups excluding carboxylic acids is 2. The molecule has 0 heterocycles. The molecule has 0 saturated carbocycles. The lowest BCUT2D eigenvalue weighted by Crippen LogP contribution is -2.37. The molecule has 2 unspecified atom stereocenters. The van der Waals surface area contributed by atoms with E-state index in [-0.39, 0.29) is 32.0 Å². The zero-order valence-electron chi connectivity index (χ0n) is 54.6. The molecule has 0 spiro atoms. The Morgan fingerprint density at radius 3 is 0.952 bits per heavy atom. The summed E-state index contributed by atoms with van der Waals surface area (Å²) in [6.07, 6.45) is 92.5. The molecule has 0 radical (unpaired) electrons. The number of carbonyl (C=O) groups is 2. The van der Waals surface area contributed by atoms with Crippen molar-refractivity contribution in [3.63, 3.8) is 0 Å². The van der Waals surface area contributed by atoms with Crippen molar-refractivity contribution in [2.45, 2.75) is 277 Å². The summed E-state index contributed by atoms with van der Waals surface area (Å²) in [5, 5.41) is 0. The second kappa shape index (κ2) is 63.6. The first kappa shape index (κ1) is 80.2. The third-order valence-corrected chi connectivity index (χ3v) is 15.2. The summed E-state index contributed by atoms with van der Waals surface area (Å²) in [6.45, 7) is 4.21. The van der Waals surface area contributed by atoms with E-state index in [1.165, 1.54) is 128 Å². The fourth-order valence-corrected chi connectivity index (χ4v) is 9.79. The van der Waals surface area contributed by atoms with E-state index in [1.54, 1.807) is 0 Å². The summed E-state index contributed by atoms with van der Waals surface area (Å²) in [6, 6.07) is 0. The Morgan fingerprint density at radius 1 is 0.369 bits per heavy atom. The van der Waals surface area contributed by atoms with Gasteiger partial charge in [-0.05, 0) is 109 Å². The number of likely N-dealkylation sites (N-methyl/N-ethyl adjacent to an activating group) is 1. The highest BCUT2D eigenvalue weighted by Gasteiger charge is 2.27. The molecule has 0 rings (SSSR count). The van der Waals surface area contributed by atoms with Crippen molar-refractivity contribution in [2.75, 3.05) is 47.5 Å². The highest BCUT2D eigenvalue weighted by molar-refractivity contribution is 7.47. The fraction of sp³-hybridized carbons (Fsp3) is 0.676. The van der Waals surface area contributed by atoms with Crippen molar-refractivity contribution in [1.82, 2.24) is 0 Å². The molecule has 0 aliphatic carbocycles. The van der Waals surface area contributed by atoms with Gasteiger partial charge in [0.2, 0.25) is 0 Å². The Morgan fingerprint density at radius 2 is 0.643 bits per heavy atom. The largest absolute Gasteiger partial charge is 0.472 e. The maximum absolute atomic E-state index is 12.9. The van der Waals surface area contributed by atoms with Gasteiger partial charge in [0.1, 0.15) is 19.8 Å². The van der Waals surface area contributed by atoms with Crippen LogP contribution in [0.2, 0.25) is 0 Å². The molecule has 0 bridgehead atoms. The SMILES string of the molecule is CC/C=C\C/C=C\C/C=C\C/C=C\C/C=C\C/C=C\CCCCCCCCCCCCCCCCC(=O)OC(COC(=O)CCCCCCCCCCCCC/C=C\C/C=C\C/C=C\C/C=C\C/C=C\CC)COP(=O)(O)OCC[N+](C)(C)C. The van der Waals surface area contributed by atoms with E-state index in [0.29, 0.717) is 17.4 Å². The number of phosphoric ester groups is 1. The quantitative estimate of drug-likeness (QED) is 0.0211. The van der Waals surface area contributed by atoms with E-state index >= 15 is 0 Å². The van der Waals surface area contributed by atoms with Crippen molar-refractivity contribution in [3.05, 3.63) is 134 Å². The lowest BCUT2D eigenvalue weighted by Gasteiger charge is -2.24. The van der Waals surface area contributed by atoms with E-state index in [4.69, 9.17) is 18.5 Å². The molecule has 480 valence electrons. The predicted octanol–water partition coefficient (Wildman–Crippen LogP) is 22.0. The van der Waals surface area contributed by atoms with E-state index in [0.717, 1.165) is 109 Å². The van der Waals surface area contributed by atoms with Crippen molar-refractivity contribution in [1.29, 1.82) is 0 Å². The van der Waals surface area contributed by atoms with Gasteiger partial charge in [-0.2, -0.15) is 0 Å². The van der Waals surface area contributed by atoms with Crippen LogP contribution in [-0.4, -0.2) is 74.9 Å². The molecule has 10 heteroatoms. The number of ether oxygens (including phenoxy) is 2. The van der Waals surface area contributed by atoms with E-state index in [1.807, 2.05) is 21.1 Å². The minimum absolute atomic E-state index is 0.0257. The molecule has 1 N–H and O–H groups in total. The minimum Gasteiger partial charge on any atom is -0.462 e. The molecule has 0 aliphatic rings. The molecule has 0 aromatic rings. The van der Waals surface area contributed by atoms with Gasteiger partial charge in [-0.3, -0.25) is 18.6 Å². The molecule has 0 aliphatic heterocycles. The maximum atomic E-state index is 12.9. The second-order valence-corrected chi connectivity index (χ2v) is 24.9. The third-order valence-electron chi connectivity index (χ3n) is 14.2. The van der Waals surface area contributed by atoms with Gasteiger partial charge in [0.15, 0.2) is 6.10 Å². The zero-order chi connectivity index (χ0) is 61.2. The van der Waals surface area contributed by atoms with Crippen LogP contribution >= 0.6 is 7.82 Å². The van der Waals surface area contributed by atoms with Gasteiger partial charge in [0.05, 0.1) is 27.7 Å². The number of allylic oxidation sites excluding steroid dienone is 22. The highest BCUT2D eigenvalue weighted by Crippen LogP contribution is 2.43. The van der Waals surface area contributed by atoms with Gasteiger partial charge in [0.25, 0.3) is 0 Å². The number of phosphoric acid groups is 1. The summed E-state index contributed by atoms with van der Waals surface area (Å²) < 4.78 is 34.7. The molecule has 9 nitrogen and oxygen atoms in total. The lowest BCUT2D eigenvalue weighted by molar-refractivity contribution is -0.870. The molecule has 0 amide bonds. The number of hydrogen-bond acceptors (Lipinski definition) is 7. The Kier molecular flexibility index (Phi) is 60.7. The molecule has 0 aromatic heterocycles. The van der Waals surface area contributed by atoms with Crippen molar-refractivity contribution < 1.29 is 42.1 Å². The number of unbranched alkanes of at least 4 members (excludes halogenated alkanes) is 25. The monoisotopic (exact) mass is 1190 g/mol. The van der Waals surface area contributed by atoms with Crippen LogP contribution in [-0.2, 0) is 32.7 Å². The Bertz CT molecular complexity index is 1880.